The molecule has 0 unspecified atom stereocenters. The number of thioether (sulfide) groups is 1. The van der Waals surface area contributed by atoms with E-state index in [4.69, 9.17) is 0 Å². The average molecular weight is 234 g/mol. The Bertz CT molecular complexity index is 502. The molecule has 1 aliphatic rings. The van der Waals surface area contributed by atoms with Crippen LogP contribution in [0.1, 0.15) is 25.7 Å². The Kier molecular flexibility index (Phi) is 2.55. The summed E-state index contributed by atoms with van der Waals surface area (Å²) in [6.45, 7) is 0. The molecule has 16 heavy (non-hydrogen) atoms. The van der Waals surface area contributed by atoms with Crippen LogP contribution < -0.4 is 0 Å². The fourth-order valence-electron chi connectivity index (χ4n) is 2.20. The summed E-state index contributed by atoms with van der Waals surface area (Å²) in [6.07, 6.45) is 8.86. The molecule has 0 amide bonds. The molecule has 2 heterocycles. The molecule has 0 atom stereocenters. The van der Waals surface area contributed by atoms with E-state index in [0.29, 0.717) is 0 Å². The van der Waals surface area contributed by atoms with Crippen molar-refractivity contribution in [2.45, 2.75) is 36.0 Å². The third kappa shape index (κ3) is 1.69. The summed E-state index contributed by atoms with van der Waals surface area (Å²) < 4.78 is 1.80. The number of hydrogen-bond acceptors (Lipinski definition) is 4. The van der Waals surface area contributed by atoms with Crippen LogP contribution in [0.15, 0.2) is 17.6 Å². The summed E-state index contributed by atoms with van der Waals surface area (Å²) in [7, 11) is 1.92. The van der Waals surface area contributed by atoms with E-state index >= 15 is 0 Å². The van der Waals surface area contributed by atoms with Crippen LogP contribution in [0.2, 0.25) is 0 Å². The van der Waals surface area contributed by atoms with E-state index in [1.165, 1.54) is 25.7 Å². The highest BCUT2D eigenvalue weighted by molar-refractivity contribution is 8.00. The summed E-state index contributed by atoms with van der Waals surface area (Å²) in [5, 5.41) is 7.14. The van der Waals surface area contributed by atoms with E-state index in [0.717, 1.165) is 21.3 Å². The number of hydrogen-bond donors (Lipinski definition) is 0. The fraction of sp³-hybridized carbons (Fsp3) is 0.545. The summed E-state index contributed by atoms with van der Waals surface area (Å²) >= 11 is 1.89. The van der Waals surface area contributed by atoms with E-state index in [-0.39, 0.29) is 0 Å². The van der Waals surface area contributed by atoms with Gasteiger partial charge < -0.3 is 0 Å². The highest BCUT2D eigenvalue weighted by Gasteiger charge is 2.18. The first-order chi connectivity index (χ1) is 7.84. The van der Waals surface area contributed by atoms with E-state index in [2.05, 4.69) is 15.1 Å². The molecule has 0 aromatic carbocycles. The van der Waals surface area contributed by atoms with Crippen LogP contribution in [-0.4, -0.2) is 25.0 Å². The Labute approximate surface area is 98.5 Å². The third-order valence-corrected chi connectivity index (χ3v) is 4.43. The van der Waals surface area contributed by atoms with Crippen molar-refractivity contribution in [1.82, 2.24) is 19.7 Å². The lowest BCUT2D eigenvalue weighted by atomic mass is 10.4. The predicted molar refractivity (Wildman–Crippen MR) is 64.4 cm³/mol. The molecule has 2 aromatic heterocycles. The number of aromatic nitrogens is 4. The van der Waals surface area contributed by atoms with Crippen molar-refractivity contribution >= 4 is 22.8 Å². The van der Waals surface area contributed by atoms with Gasteiger partial charge in [-0.05, 0) is 12.8 Å². The zero-order valence-electron chi connectivity index (χ0n) is 9.26. The first kappa shape index (κ1) is 10.1. The van der Waals surface area contributed by atoms with E-state index in [9.17, 15) is 0 Å². The molecule has 0 N–H and O–H groups in total. The number of fused-ring (bicyclic) bond motifs is 1. The number of nitrogens with zero attached hydrogens (tertiary/aromatic N) is 4. The lowest BCUT2D eigenvalue weighted by Crippen LogP contribution is -1.97. The second-order valence-corrected chi connectivity index (χ2v) is 5.50. The van der Waals surface area contributed by atoms with Gasteiger partial charge in [0.15, 0.2) is 5.65 Å². The van der Waals surface area contributed by atoms with Crippen LogP contribution in [-0.2, 0) is 7.05 Å². The minimum atomic E-state index is 0.735. The first-order valence-electron chi connectivity index (χ1n) is 5.64. The number of aryl methyl sites for hydroxylation is 1. The van der Waals surface area contributed by atoms with Gasteiger partial charge in [-0.1, -0.05) is 12.8 Å². The Morgan fingerprint density at radius 3 is 2.94 bits per heavy atom. The standard InChI is InChI=1S/C11H14N4S/c1-15-10-9(6-14-15)11(13-7-12-10)16-8-4-2-3-5-8/h6-8H,2-5H2,1H3. The second kappa shape index (κ2) is 4.05. The second-order valence-electron chi connectivity index (χ2n) is 4.21. The average Bonchev–Trinajstić information content (AvgIpc) is 2.90. The van der Waals surface area contributed by atoms with Gasteiger partial charge in [-0.25, -0.2) is 9.97 Å². The zero-order chi connectivity index (χ0) is 11.0. The van der Waals surface area contributed by atoms with Crippen LogP contribution in [0, 0.1) is 0 Å². The van der Waals surface area contributed by atoms with Crippen LogP contribution in [0.25, 0.3) is 11.0 Å². The highest BCUT2D eigenvalue weighted by atomic mass is 32.2. The molecule has 2 aromatic rings. The molecule has 0 aliphatic heterocycles. The molecule has 1 saturated carbocycles. The maximum Gasteiger partial charge on any atom is 0.162 e. The first-order valence-corrected chi connectivity index (χ1v) is 6.52. The van der Waals surface area contributed by atoms with Gasteiger partial charge in [-0.15, -0.1) is 11.8 Å². The summed E-state index contributed by atoms with van der Waals surface area (Å²) in [4.78, 5) is 8.63. The van der Waals surface area contributed by atoms with Crippen molar-refractivity contribution in [1.29, 1.82) is 0 Å². The minimum Gasteiger partial charge on any atom is -0.250 e. The normalized spacial score (nSPS) is 17.3. The van der Waals surface area contributed by atoms with Crippen molar-refractivity contribution in [3.63, 3.8) is 0 Å². The van der Waals surface area contributed by atoms with Gasteiger partial charge in [-0.3, -0.25) is 4.68 Å². The highest BCUT2D eigenvalue weighted by Crippen LogP contribution is 2.35. The van der Waals surface area contributed by atoms with Crippen LogP contribution in [0.4, 0.5) is 0 Å². The van der Waals surface area contributed by atoms with Crippen molar-refractivity contribution in [2.75, 3.05) is 0 Å². The molecule has 1 fully saturated rings. The van der Waals surface area contributed by atoms with E-state index < -0.39 is 0 Å². The van der Waals surface area contributed by atoms with Gasteiger partial charge in [0.1, 0.15) is 11.4 Å². The number of rotatable bonds is 2. The van der Waals surface area contributed by atoms with Crippen LogP contribution >= 0.6 is 11.8 Å². The molecule has 0 saturated heterocycles. The van der Waals surface area contributed by atoms with Crippen molar-refractivity contribution in [3.05, 3.63) is 12.5 Å². The Balaban J connectivity index is 1.96. The molecular formula is C11H14N4S. The molecule has 0 radical (unpaired) electrons. The lowest BCUT2D eigenvalue weighted by molar-refractivity contribution is 0.784. The SMILES string of the molecule is Cn1ncc2c(SC3CCCC3)ncnc21. The molecule has 84 valence electrons. The minimum absolute atomic E-state index is 0.735. The van der Waals surface area contributed by atoms with Crippen molar-refractivity contribution in [3.8, 4) is 0 Å². The predicted octanol–water partition coefficient (Wildman–Crippen LogP) is 2.40. The van der Waals surface area contributed by atoms with Gasteiger partial charge >= 0.3 is 0 Å². The maximum absolute atomic E-state index is 4.38. The molecule has 3 rings (SSSR count). The summed E-state index contributed by atoms with van der Waals surface area (Å²) in [5.74, 6) is 0. The molecular weight excluding hydrogens is 220 g/mol. The Morgan fingerprint density at radius 1 is 1.31 bits per heavy atom. The monoisotopic (exact) mass is 234 g/mol. The summed E-state index contributed by atoms with van der Waals surface area (Å²) in [6, 6.07) is 0. The zero-order valence-corrected chi connectivity index (χ0v) is 10.1. The largest absolute Gasteiger partial charge is 0.250 e. The van der Waals surface area contributed by atoms with Crippen molar-refractivity contribution < 1.29 is 0 Å². The smallest absolute Gasteiger partial charge is 0.162 e. The molecule has 1 aliphatic carbocycles. The maximum atomic E-state index is 4.38. The Morgan fingerprint density at radius 2 is 2.12 bits per heavy atom. The molecule has 0 bridgehead atoms. The molecule has 5 heteroatoms. The van der Waals surface area contributed by atoms with E-state index in [1.807, 2.05) is 25.0 Å². The Hall–Kier alpha value is -1.10. The van der Waals surface area contributed by atoms with Crippen molar-refractivity contribution in [2.24, 2.45) is 7.05 Å². The van der Waals surface area contributed by atoms with Gasteiger partial charge in [-0.2, -0.15) is 5.10 Å². The molecule has 0 spiro atoms. The summed E-state index contributed by atoms with van der Waals surface area (Å²) in [5.41, 5.74) is 0.926. The fourth-order valence-corrected chi connectivity index (χ4v) is 3.46. The van der Waals surface area contributed by atoms with Gasteiger partial charge in [0.25, 0.3) is 0 Å². The lowest BCUT2D eigenvalue weighted by Gasteiger charge is -2.07. The topological polar surface area (TPSA) is 43.6 Å². The quantitative estimate of drug-likeness (QED) is 0.748. The van der Waals surface area contributed by atoms with Gasteiger partial charge in [0.05, 0.1) is 11.6 Å². The van der Waals surface area contributed by atoms with Crippen LogP contribution in [0.5, 0.6) is 0 Å². The van der Waals surface area contributed by atoms with Crippen LogP contribution in [0.3, 0.4) is 0 Å². The van der Waals surface area contributed by atoms with E-state index in [1.54, 1.807) is 11.0 Å². The van der Waals surface area contributed by atoms with Gasteiger partial charge in [0, 0.05) is 12.3 Å². The van der Waals surface area contributed by atoms with Gasteiger partial charge in [0.2, 0.25) is 0 Å². The molecule has 4 nitrogen and oxygen atoms in total. The third-order valence-electron chi connectivity index (χ3n) is 3.07.